The Bertz CT molecular complexity index is 515. The number of hydrogen-bond donors (Lipinski definition) is 1. The van der Waals surface area contributed by atoms with Crippen molar-refractivity contribution < 1.29 is 4.79 Å². The van der Waals surface area contributed by atoms with Gasteiger partial charge in [-0.15, -0.1) is 0 Å². The number of nitrogens with zero attached hydrogens (tertiary/aromatic N) is 1. The molecule has 1 aromatic rings. The molecule has 1 N–H and O–H groups in total. The first-order valence-corrected chi connectivity index (χ1v) is 7.29. The summed E-state index contributed by atoms with van der Waals surface area (Å²) in [4.78, 5) is 14.1. The van der Waals surface area contributed by atoms with Crippen molar-refractivity contribution in [2.45, 2.75) is 32.2 Å². The number of nitrogens with one attached hydrogen (secondary N) is 1. The van der Waals surface area contributed by atoms with Gasteiger partial charge < -0.3 is 10.2 Å². The van der Waals surface area contributed by atoms with Gasteiger partial charge in [0, 0.05) is 41.7 Å². The Morgan fingerprint density at radius 1 is 1.47 bits per heavy atom. The van der Waals surface area contributed by atoms with Gasteiger partial charge in [-0.3, -0.25) is 4.79 Å². The fraction of sp³-hybridized carbons (Fsp3) is 0.533. The Balaban J connectivity index is 1.84. The molecule has 0 radical (unpaired) electrons. The van der Waals surface area contributed by atoms with Crippen LogP contribution in [0, 0.1) is 5.92 Å². The van der Waals surface area contributed by atoms with Gasteiger partial charge in [-0.25, -0.2) is 0 Å². The number of fused-ring (bicyclic) bond motifs is 3. The summed E-state index contributed by atoms with van der Waals surface area (Å²) in [6.07, 6.45) is 1.01. The minimum atomic E-state index is 0.0738. The third-order valence-electron chi connectivity index (χ3n) is 4.17. The number of carbonyl (C=O) groups excluding carboxylic acids is 1. The monoisotopic (exact) mass is 278 g/mol. The lowest BCUT2D eigenvalue weighted by Gasteiger charge is -2.36. The minimum Gasteiger partial charge on any atom is -0.381 e. The zero-order chi connectivity index (χ0) is 13.6. The van der Waals surface area contributed by atoms with Crippen LogP contribution in [0.25, 0.3) is 0 Å². The number of piperidine rings is 1. The number of anilines is 1. The molecule has 2 atom stereocenters. The van der Waals surface area contributed by atoms with Crippen molar-refractivity contribution in [1.29, 1.82) is 0 Å². The van der Waals surface area contributed by atoms with Crippen molar-refractivity contribution in [3.05, 3.63) is 28.8 Å². The van der Waals surface area contributed by atoms with Crippen LogP contribution in [-0.2, 0) is 4.79 Å². The van der Waals surface area contributed by atoms with E-state index in [9.17, 15) is 4.79 Å². The molecule has 4 heteroatoms. The van der Waals surface area contributed by atoms with Crippen molar-refractivity contribution in [1.82, 2.24) is 4.90 Å². The summed E-state index contributed by atoms with van der Waals surface area (Å²) in [5.74, 6) is 0.712. The predicted molar refractivity (Wildman–Crippen MR) is 77.6 cm³/mol. The van der Waals surface area contributed by atoms with E-state index in [0.717, 1.165) is 24.5 Å². The van der Waals surface area contributed by atoms with Crippen molar-refractivity contribution in [3.8, 4) is 0 Å². The topological polar surface area (TPSA) is 32.3 Å². The predicted octanol–water partition coefficient (Wildman–Crippen LogP) is 3.11. The van der Waals surface area contributed by atoms with Gasteiger partial charge in [0.15, 0.2) is 0 Å². The third kappa shape index (κ3) is 2.20. The molecule has 1 fully saturated rings. The molecule has 0 aliphatic carbocycles. The van der Waals surface area contributed by atoms with Crippen LogP contribution in [-0.4, -0.2) is 29.9 Å². The summed E-state index contributed by atoms with van der Waals surface area (Å²) >= 11 is 6.10. The van der Waals surface area contributed by atoms with Gasteiger partial charge in [0.2, 0.25) is 5.91 Å². The SMILES string of the molecule is CC(C)C(=O)N1CC[C@H]2Nc3ccc(Cl)cc3[C@@H]2C1. The van der Waals surface area contributed by atoms with Crippen LogP contribution in [0.2, 0.25) is 5.02 Å². The molecule has 0 unspecified atom stereocenters. The van der Waals surface area contributed by atoms with Crippen LogP contribution in [0.4, 0.5) is 5.69 Å². The van der Waals surface area contributed by atoms with Crippen molar-refractivity contribution in [2.24, 2.45) is 5.92 Å². The Morgan fingerprint density at radius 3 is 3.00 bits per heavy atom. The summed E-state index contributed by atoms with van der Waals surface area (Å²) in [6, 6.07) is 6.45. The number of halogens is 1. The lowest BCUT2D eigenvalue weighted by atomic mass is 9.89. The molecule has 3 nitrogen and oxygen atoms in total. The zero-order valence-corrected chi connectivity index (χ0v) is 12.1. The standard InChI is InChI=1S/C15H19ClN2O/c1-9(2)15(19)18-6-5-14-12(8-18)11-7-10(16)3-4-13(11)17-14/h3-4,7,9,12,14,17H,5-6,8H2,1-2H3/t12-,14+/m0/s1. The first-order chi connectivity index (χ1) is 9.06. The fourth-order valence-corrected chi connectivity index (χ4v) is 3.36. The van der Waals surface area contributed by atoms with Crippen molar-refractivity contribution in [2.75, 3.05) is 18.4 Å². The van der Waals surface area contributed by atoms with E-state index in [4.69, 9.17) is 11.6 Å². The summed E-state index contributed by atoms with van der Waals surface area (Å²) in [5, 5.41) is 4.33. The highest BCUT2D eigenvalue weighted by Gasteiger charge is 2.38. The Kier molecular flexibility index (Phi) is 3.17. The lowest BCUT2D eigenvalue weighted by Crippen LogP contribution is -2.46. The molecule has 2 aliphatic rings. The molecular weight excluding hydrogens is 260 g/mol. The number of carbonyl (C=O) groups is 1. The normalized spacial score (nSPS) is 24.9. The van der Waals surface area contributed by atoms with Gasteiger partial charge in [0.05, 0.1) is 0 Å². The van der Waals surface area contributed by atoms with Crippen molar-refractivity contribution >= 4 is 23.2 Å². The van der Waals surface area contributed by atoms with E-state index >= 15 is 0 Å². The van der Waals surface area contributed by atoms with Crippen LogP contribution in [0.1, 0.15) is 31.7 Å². The smallest absolute Gasteiger partial charge is 0.225 e. The average Bonchev–Trinajstić information content (AvgIpc) is 2.75. The van der Waals surface area contributed by atoms with Crippen LogP contribution in [0.5, 0.6) is 0 Å². The van der Waals surface area contributed by atoms with Gasteiger partial charge in [-0.05, 0) is 30.2 Å². The van der Waals surface area contributed by atoms with Gasteiger partial charge in [-0.2, -0.15) is 0 Å². The average molecular weight is 279 g/mol. The highest BCUT2D eigenvalue weighted by atomic mass is 35.5. The molecule has 0 spiro atoms. The molecule has 1 amide bonds. The Labute approximate surface area is 118 Å². The molecule has 0 aromatic heterocycles. The molecule has 3 rings (SSSR count). The largest absolute Gasteiger partial charge is 0.381 e. The van der Waals surface area contributed by atoms with Gasteiger partial charge >= 0.3 is 0 Å². The Morgan fingerprint density at radius 2 is 2.26 bits per heavy atom. The van der Waals surface area contributed by atoms with E-state index in [1.54, 1.807) is 0 Å². The number of rotatable bonds is 1. The summed E-state index contributed by atoms with van der Waals surface area (Å²) < 4.78 is 0. The maximum Gasteiger partial charge on any atom is 0.225 e. The third-order valence-corrected chi connectivity index (χ3v) is 4.41. The second-order valence-corrected chi connectivity index (χ2v) is 6.25. The first kappa shape index (κ1) is 12.8. The molecule has 0 bridgehead atoms. The number of amides is 1. The number of likely N-dealkylation sites (tertiary alicyclic amines) is 1. The molecule has 0 saturated carbocycles. The van der Waals surface area contributed by atoms with Crippen LogP contribution in [0.15, 0.2) is 18.2 Å². The maximum absolute atomic E-state index is 12.1. The van der Waals surface area contributed by atoms with Gasteiger partial charge in [-0.1, -0.05) is 25.4 Å². The van der Waals surface area contributed by atoms with Crippen LogP contribution in [0.3, 0.4) is 0 Å². The Hall–Kier alpha value is -1.22. The second kappa shape index (κ2) is 4.71. The zero-order valence-electron chi connectivity index (χ0n) is 11.3. The molecular formula is C15H19ClN2O. The number of hydrogen-bond acceptors (Lipinski definition) is 2. The molecule has 1 saturated heterocycles. The summed E-state index contributed by atoms with van der Waals surface area (Å²) in [7, 11) is 0. The van der Waals surface area contributed by atoms with Gasteiger partial charge in [0.1, 0.15) is 0 Å². The highest BCUT2D eigenvalue weighted by molar-refractivity contribution is 6.30. The fourth-order valence-electron chi connectivity index (χ4n) is 3.18. The van der Waals surface area contributed by atoms with Crippen molar-refractivity contribution in [3.63, 3.8) is 0 Å². The van der Waals surface area contributed by atoms with E-state index in [1.165, 1.54) is 11.3 Å². The molecule has 1 aromatic carbocycles. The molecule has 2 aliphatic heterocycles. The molecule has 102 valence electrons. The quantitative estimate of drug-likeness (QED) is 0.856. The van der Waals surface area contributed by atoms with Crippen LogP contribution < -0.4 is 5.32 Å². The van der Waals surface area contributed by atoms with E-state index in [2.05, 4.69) is 5.32 Å². The minimum absolute atomic E-state index is 0.0738. The van der Waals surface area contributed by atoms with E-state index in [1.807, 2.05) is 36.9 Å². The summed E-state index contributed by atoms with van der Waals surface area (Å²) in [5.41, 5.74) is 2.44. The van der Waals surface area contributed by atoms with E-state index in [-0.39, 0.29) is 11.8 Å². The lowest BCUT2D eigenvalue weighted by molar-refractivity contribution is -0.135. The van der Waals surface area contributed by atoms with Gasteiger partial charge in [0.25, 0.3) is 0 Å². The maximum atomic E-state index is 12.1. The van der Waals surface area contributed by atoms with E-state index in [0.29, 0.717) is 12.0 Å². The number of benzene rings is 1. The first-order valence-electron chi connectivity index (χ1n) is 6.91. The molecule has 19 heavy (non-hydrogen) atoms. The molecule has 2 heterocycles. The second-order valence-electron chi connectivity index (χ2n) is 5.82. The highest BCUT2D eigenvalue weighted by Crippen LogP contribution is 2.41. The summed E-state index contributed by atoms with van der Waals surface area (Å²) in [6.45, 7) is 5.59. The van der Waals surface area contributed by atoms with Crippen LogP contribution >= 0.6 is 11.6 Å². The van der Waals surface area contributed by atoms with E-state index < -0.39 is 0 Å².